The number of nitrogens with zero attached hydrogens (tertiary/aromatic N) is 4. The second kappa shape index (κ2) is 7.31. The largest absolute Gasteiger partial charge is 0.383 e. The highest BCUT2D eigenvalue weighted by Crippen LogP contribution is 2.27. The lowest BCUT2D eigenvalue weighted by Crippen LogP contribution is -2.53. The quantitative estimate of drug-likeness (QED) is 0.871. The minimum Gasteiger partial charge on any atom is -0.383 e. The molecule has 0 bridgehead atoms. The number of hydrogen-bond donors (Lipinski definition) is 2. The molecule has 1 fully saturated rings. The highest BCUT2D eigenvalue weighted by Gasteiger charge is 2.29. The third-order valence-corrected chi connectivity index (χ3v) is 4.60. The van der Waals surface area contributed by atoms with Crippen LogP contribution in [0.15, 0.2) is 24.7 Å². The van der Waals surface area contributed by atoms with Crippen LogP contribution in [0.1, 0.15) is 27.2 Å². The Morgan fingerprint density at radius 2 is 1.96 bits per heavy atom. The van der Waals surface area contributed by atoms with Crippen molar-refractivity contribution in [2.45, 2.75) is 39.3 Å². The number of aliphatic hydroxyl groups is 1. The van der Waals surface area contributed by atoms with Crippen molar-refractivity contribution in [1.82, 2.24) is 20.3 Å². The molecule has 1 amide bonds. The summed E-state index contributed by atoms with van der Waals surface area (Å²) < 4.78 is 0. The Hall–Kier alpha value is -2.28. The number of aromatic nitrogens is 3. The normalized spacial score (nSPS) is 22.2. The Bertz CT molecular complexity index is 746. The molecule has 3 heterocycles. The van der Waals surface area contributed by atoms with Gasteiger partial charge in [0.25, 0.3) is 0 Å². The van der Waals surface area contributed by atoms with Gasteiger partial charge in [-0.1, -0.05) is 20.8 Å². The minimum atomic E-state index is -0.974. The maximum Gasteiger partial charge on any atom is 0.249 e. The van der Waals surface area contributed by atoms with Crippen molar-refractivity contribution in [3.63, 3.8) is 0 Å². The summed E-state index contributed by atoms with van der Waals surface area (Å²) in [6, 6.07) is 1.93. The minimum absolute atomic E-state index is 0.00969. The SMILES string of the molecule is CC(C)[C@@H](O)C(=O)N[C@@H]1C[C@H](C)CN(c2ccnc3nccnc23)C1. The molecule has 1 saturated heterocycles. The van der Waals surface area contributed by atoms with E-state index < -0.39 is 6.10 Å². The van der Waals surface area contributed by atoms with Gasteiger partial charge < -0.3 is 15.3 Å². The Balaban J connectivity index is 1.79. The van der Waals surface area contributed by atoms with Gasteiger partial charge in [0.05, 0.1) is 5.69 Å². The molecule has 1 aliphatic rings. The zero-order valence-corrected chi connectivity index (χ0v) is 14.9. The molecule has 7 heteroatoms. The molecule has 0 radical (unpaired) electrons. The summed E-state index contributed by atoms with van der Waals surface area (Å²) in [6.07, 6.45) is 4.95. The van der Waals surface area contributed by atoms with Gasteiger partial charge in [-0.25, -0.2) is 15.0 Å². The van der Waals surface area contributed by atoms with Crippen LogP contribution in [0.3, 0.4) is 0 Å². The molecule has 2 N–H and O–H groups in total. The van der Waals surface area contributed by atoms with E-state index in [9.17, 15) is 9.90 Å². The van der Waals surface area contributed by atoms with E-state index in [4.69, 9.17) is 0 Å². The summed E-state index contributed by atoms with van der Waals surface area (Å²) in [5.74, 6) is 0.0140. The molecule has 2 aromatic rings. The lowest BCUT2D eigenvalue weighted by Gasteiger charge is -2.38. The first-order chi connectivity index (χ1) is 12.0. The Morgan fingerprint density at radius 3 is 2.72 bits per heavy atom. The van der Waals surface area contributed by atoms with Gasteiger partial charge in [0.1, 0.15) is 11.6 Å². The van der Waals surface area contributed by atoms with Crippen LogP contribution in [0.5, 0.6) is 0 Å². The van der Waals surface area contributed by atoms with E-state index in [1.54, 1.807) is 18.6 Å². The summed E-state index contributed by atoms with van der Waals surface area (Å²) in [7, 11) is 0. The van der Waals surface area contributed by atoms with E-state index in [0.29, 0.717) is 18.1 Å². The number of fused-ring (bicyclic) bond motifs is 1. The highest BCUT2D eigenvalue weighted by atomic mass is 16.3. The average Bonchev–Trinajstić information content (AvgIpc) is 2.59. The van der Waals surface area contributed by atoms with Gasteiger partial charge in [0.15, 0.2) is 5.65 Å². The van der Waals surface area contributed by atoms with Gasteiger partial charge >= 0.3 is 0 Å². The van der Waals surface area contributed by atoms with Gasteiger partial charge in [-0.05, 0) is 24.3 Å². The predicted octanol–water partition coefficient (Wildman–Crippen LogP) is 1.37. The average molecular weight is 343 g/mol. The van der Waals surface area contributed by atoms with Crippen molar-refractivity contribution in [2.24, 2.45) is 11.8 Å². The molecule has 3 atom stereocenters. The monoisotopic (exact) mass is 343 g/mol. The first kappa shape index (κ1) is 17.5. The fourth-order valence-electron chi connectivity index (χ4n) is 3.36. The van der Waals surface area contributed by atoms with Crippen LogP contribution in [0.2, 0.25) is 0 Å². The molecule has 0 saturated carbocycles. The molecule has 134 valence electrons. The predicted molar refractivity (Wildman–Crippen MR) is 96.1 cm³/mol. The van der Waals surface area contributed by atoms with E-state index in [0.717, 1.165) is 24.2 Å². The lowest BCUT2D eigenvalue weighted by atomic mass is 9.94. The number of aliphatic hydroxyl groups excluding tert-OH is 1. The number of pyridine rings is 1. The maximum atomic E-state index is 12.2. The van der Waals surface area contributed by atoms with Crippen LogP contribution in [0, 0.1) is 11.8 Å². The Labute approximate surface area is 147 Å². The van der Waals surface area contributed by atoms with Crippen molar-refractivity contribution in [2.75, 3.05) is 18.0 Å². The Kier molecular flexibility index (Phi) is 5.13. The van der Waals surface area contributed by atoms with Gasteiger partial charge in [-0.3, -0.25) is 4.79 Å². The number of hydrogen-bond acceptors (Lipinski definition) is 6. The molecular formula is C18H25N5O2. The van der Waals surface area contributed by atoms with E-state index >= 15 is 0 Å². The lowest BCUT2D eigenvalue weighted by molar-refractivity contribution is -0.132. The summed E-state index contributed by atoms with van der Waals surface area (Å²) in [4.78, 5) is 27.4. The number of carbonyl (C=O) groups excluding carboxylic acids is 1. The standard InChI is InChI=1S/C18H25N5O2/c1-11(2)16(24)18(25)22-13-8-12(3)9-23(10-13)14-4-5-20-17-15(14)19-6-7-21-17/h4-7,11-13,16,24H,8-10H2,1-3H3,(H,22,25)/t12-,13+,16+/m0/s1. The first-order valence-electron chi connectivity index (χ1n) is 8.74. The molecule has 0 aromatic carbocycles. The van der Waals surface area contributed by atoms with E-state index in [-0.39, 0.29) is 17.9 Å². The fraction of sp³-hybridized carbons (Fsp3) is 0.556. The molecule has 0 spiro atoms. The van der Waals surface area contributed by atoms with Gasteiger partial charge in [0.2, 0.25) is 5.91 Å². The van der Waals surface area contributed by atoms with Crippen molar-refractivity contribution < 1.29 is 9.90 Å². The number of rotatable bonds is 4. The molecule has 1 aliphatic heterocycles. The van der Waals surface area contributed by atoms with Crippen molar-refractivity contribution in [3.05, 3.63) is 24.7 Å². The number of piperidine rings is 1. The number of amides is 1. The van der Waals surface area contributed by atoms with Crippen LogP contribution < -0.4 is 10.2 Å². The van der Waals surface area contributed by atoms with Gasteiger partial charge in [-0.15, -0.1) is 0 Å². The number of anilines is 1. The molecule has 3 rings (SSSR count). The Morgan fingerprint density at radius 1 is 1.24 bits per heavy atom. The smallest absolute Gasteiger partial charge is 0.249 e. The second-order valence-electron chi connectivity index (χ2n) is 7.20. The summed E-state index contributed by atoms with van der Waals surface area (Å²) in [5, 5.41) is 13.0. The van der Waals surface area contributed by atoms with Crippen molar-refractivity contribution in [1.29, 1.82) is 0 Å². The third kappa shape index (κ3) is 3.87. The maximum absolute atomic E-state index is 12.2. The zero-order chi connectivity index (χ0) is 18.0. The highest BCUT2D eigenvalue weighted by molar-refractivity contribution is 5.85. The van der Waals surface area contributed by atoms with E-state index in [2.05, 4.69) is 32.1 Å². The van der Waals surface area contributed by atoms with Crippen LogP contribution in [0.4, 0.5) is 5.69 Å². The number of carbonyl (C=O) groups is 1. The van der Waals surface area contributed by atoms with E-state index in [1.165, 1.54) is 0 Å². The van der Waals surface area contributed by atoms with E-state index in [1.807, 2.05) is 19.9 Å². The van der Waals surface area contributed by atoms with Crippen LogP contribution in [0.25, 0.3) is 11.2 Å². The van der Waals surface area contributed by atoms with Crippen molar-refractivity contribution >= 4 is 22.8 Å². The molecule has 0 aliphatic carbocycles. The summed E-state index contributed by atoms with van der Waals surface area (Å²) in [6.45, 7) is 7.40. The molecular weight excluding hydrogens is 318 g/mol. The fourth-order valence-corrected chi connectivity index (χ4v) is 3.36. The number of nitrogens with one attached hydrogen (secondary N) is 1. The third-order valence-electron chi connectivity index (χ3n) is 4.60. The van der Waals surface area contributed by atoms with Gasteiger partial charge in [-0.2, -0.15) is 0 Å². The molecule has 0 unspecified atom stereocenters. The van der Waals surface area contributed by atoms with Crippen molar-refractivity contribution in [3.8, 4) is 0 Å². The molecule has 2 aromatic heterocycles. The van der Waals surface area contributed by atoms with Gasteiger partial charge in [0, 0.05) is 37.7 Å². The van der Waals surface area contributed by atoms with Crippen LogP contribution >= 0.6 is 0 Å². The second-order valence-corrected chi connectivity index (χ2v) is 7.20. The van der Waals surface area contributed by atoms with Crippen LogP contribution in [-0.4, -0.2) is 51.2 Å². The first-order valence-corrected chi connectivity index (χ1v) is 8.74. The summed E-state index contributed by atoms with van der Waals surface area (Å²) in [5.41, 5.74) is 2.37. The topological polar surface area (TPSA) is 91.2 Å². The zero-order valence-electron chi connectivity index (χ0n) is 14.9. The summed E-state index contributed by atoms with van der Waals surface area (Å²) >= 11 is 0. The van der Waals surface area contributed by atoms with Crippen LogP contribution in [-0.2, 0) is 4.79 Å². The molecule has 25 heavy (non-hydrogen) atoms. The molecule has 7 nitrogen and oxygen atoms in total.